The maximum Gasteiger partial charge on any atom is 0.226 e. The van der Waals surface area contributed by atoms with Crippen molar-refractivity contribution in [3.63, 3.8) is 0 Å². The van der Waals surface area contributed by atoms with Crippen LogP contribution in [0.25, 0.3) is 0 Å². The Morgan fingerprint density at radius 3 is 2.96 bits per heavy atom. The van der Waals surface area contributed by atoms with Crippen molar-refractivity contribution in [1.82, 2.24) is 15.0 Å². The summed E-state index contributed by atoms with van der Waals surface area (Å²) in [7, 11) is 1.68. The number of methoxy groups -OCH3 is 1. The van der Waals surface area contributed by atoms with E-state index in [4.69, 9.17) is 9.26 Å². The molecule has 0 bridgehead atoms. The molecule has 1 aliphatic heterocycles. The highest BCUT2D eigenvalue weighted by molar-refractivity contribution is 5.83. The average Bonchev–Trinajstić information content (AvgIpc) is 3.34. The van der Waals surface area contributed by atoms with E-state index in [-0.39, 0.29) is 23.7 Å². The fraction of sp³-hybridized carbons (Fsp3) is 0.526. The Kier molecular flexibility index (Phi) is 4.19. The van der Waals surface area contributed by atoms with E-state index in [9.17, 15) is 4.79 Å². The number of rotatable bonds is 4. The molecule has 132 valence electrons. The molecule has 2 aromatic rings. The minimum atomic E-state index is 0.0713. The Hall–Kier alpha value is -2.37. The van der Waals surface area contributed by atoms with Gasteiger partial charge in [-0.05, 0) is 36.8 Å². The number of nitrogens with zero attached hydrogens (tertiary/aromatic N) is 3. The molecule has 6 nitrogen and oxygen atoms in total. The third-order valence-corrected chi connectivity index (χ3v) is 5.29. The van der Waals surface area contributed by atoms with Gasteiger partial charge in [-0.3, -0.25) is 4.79 Å². The first-order valence-corrected chi connectivity index (χ1v) is 8.89. The van der Waals surface area contributed by atoms with Gasteiger partial charge in [-0.1, -0.05) is 23.4 Å². The zero-order valence-electron chi connectivity index (χ0n) is 14.6. The molecular formula is C19H23N3O3. The quantitative estimate of drug-likeness (QED) is 0.855. The number of benzene rings is 1. The number of carbonyl (C=O) groups excluding carboxylic acids is 1. The molecule has 0 spiro atoms. The predicted molar refractivity (Wildman–Crippen MR) is 91.4 cm³/mol. The van der Waals surface area contributed by atoms with Gasteiger partial charge in [0.1, 0.15) is 5.75 Å². The second-order valence-corrected chi connectivity index (χ2v) is 6.99. The maximum atomic E-state index is 12.9. The maximum absolute atomic E-state index is 12.9. The van der Waals surface area contributed by atoms with E-state index in [1.165, 1.54) is 0 Å². The van der Waals surface area contributed by atoms with E-state index >= 15 is 0 Å². The molecule has 0 N–H and O–H groups in total. The van der Waals surface area contributed by atoms with Crippen LogP contribution >= 0.6 is 0 Å². The summed E-state index contributed by atoms with van der Waals surface area (Å²) in [5, 5.41) is 4.04. The van der Waals surface area contributed by atoms with Crippen LogP contribution in [-0.4, -0.2) is 41.1 Å². The highest BCUT2D eigenvalue weighted by Crippen LogP contribution is 2.51. The number of carbonyl (C=O) groups is 1. The molecule has 0 unspecified atom stereocenters. The summed E-state index contributed by atoms with van der Waals surface area (Å²) >= 11 is 0. The molecule has 1 aromatic heterocycles. The van der Waals surface area contributed by atoms with E-state index in [0.29, 0.717) is 12.4 Å². The number of aryl methyl sites for hydroxylation is 1. The molecule has 25 heavy (non-hydrogen) atoms. The Bertz CT molecular complexity index is 773. The first-order valence-electron chi connectivity index (χ1n) is 8.89. The number of amides is 1. The lowest BCUT2D eigenvalue weighted by Gasteiger charge is -2.31. The summed E-state index contributed by atoms with van der Waals surface area (Å²) in [5.74, 6) is 2.96. The van der Waals surface area contributed by atoms with Gasteiger partial charge in [0.05, 0.1) is 7.11 Å². The zero-order valence-corrected chi connectivity index (χ0v) is 14.6. The van der Waals surface area contributed by atoms with Crippen LogP contribution in [0, 0.1) is 12.8 Å². The molecule has 3 atom stereocenters. The third kappa shape index (κ3) is 3.13. The summed E-state index contributed by atoms with van der Waals surface area (Å²) in [4.78, 5) is 19.3. The Morgan fingerprint density at radius 1 is 1.36 bits per heavy atom. The second-order valence-electron chi connectivity index (χ2n) is 6.99. The van der Waals surface area contributed by atoms with Crippen LogP contribution in [-0.2, 0) is 4.79 Å². The number of likely N-dealkylation sites (tertiary alicyclic amines) is 1. The van der Waals surface area contributed by atoms with E-state index < -0.39 is 0 Å². The van der Waals surface area contributed by atoms with Crippen LogP contribution in [0.3, 0.4) is 0 Å². The van der Waals surface area contributed by atoms with E-state index in [1.54, 1.807) is 14.0 Å². The lowest BCUT2D eigenvalue weighted by Crippen LogP contribution is -2.40. The van der Waals surface area contributed by atoms with Crippen LogP contribution in [0.4, 0.5) is 0 Å². The summed E-state index contributed by atoms with van der Waals surface area (Å²) in [6, 6.07) is 8.00. The average molecular weight is 341 g/mol. The Morgan fingerprint density at radius 2 is 2.20 bits per heavy atom. The standard InChI is InChI=1S/C19H23N3O3/c1-12-20-18(21-25-12)13-6-5-9-22(11-13)19(23)16-10-15(16)14-7-3-4-8-17(14)24-2/h3-4,7-8,13,15-16H,5-6,9-11H2,1-2H3/t13-,15+,16+/m1/s1. The van der Waals surface area contributed by atoms with Gasteiger partial charge in [0.25, 0.3) is 0 Å². The zero-order chi connectivity index (χ0) is 17.4. The molecule has 1 saturated heterocycles. The molecule has 4 rings (SSSR count). The van der Waals surface area contributed by atoms with Crippen molar-refractivity contribution in [2.45, 2.75) is 38.0 Å². The van der Waals surface area contributed by atoms with Crippen LogP contribution in [0.1, 0.15) is 48.4 Å². The fourth-order valence-corrected chi connectivity index (χ4v) is 3.89. The minimum absolute atomic E-state index is 0.0713. The molecule has 6 heteroatoms. The minimum Gasteiger partial charge on any atom is -0.496 e. The number of ether oxygens (including phenoxy) is 1. The van der Waals surface area contributed by atoms with Crippen molar-refractivity contribution in [3.05, 3.63) is 41.5 Å². The number of para-hydroxylation sites is 1. The summed E-state index contributed by atoms with van der Waals surface area (Å²) < 4.78 is 10.5. The molecule has 1 saturated carbocycles. The van der Waals surface area contributed by atoms with E-state index in [2.05, 4.69) is 16.2 Å². The molecule has 0 radical (unpaired) electrons. The van der Waals surface area contributed by atoms with Crippen molar-refractivity contribution in [1.29, 1.82) is 0 Å². The third-order valence-electron chi connectivity index (χ3n) is 5.29. The van der Waals surface area contributed by atoms with Gasteiger partial charge in [0, 0.05) is 31.8 Å². The molecule has 2 fully saturated rings. The van der Waals surface area contributed by atoms with Crippen molar-refractivity contribution < 1.29 is 14.1 Å². The summed E-state index contributed by atoms with van der Waals surface area (Å²) in [6.45, 7) is 3.30. The van der Waals surface area contributed by atoms with Crippen molar-refractivity contribution in [2.24, 2.45) is 5.92 Å². The first kappa shape index (κ1) is 16.1. The highest BCUT2D eigenvalue weighted by Gasteiger charge is 2.47. The topological polar surface area (TPSA) is 68.5 Å². The van der Waals surface area contributed by atoms with Crippen molar-refractivity contribution in [2.75, 3.05) is 20.2 Å². The molecular weight excluding hydrogens is 318 g/mol. The Labute approximate surface area is 147 Å². The van der Waals surface area contributed by atoms with Gasteiger partial charge in [0.15, 0.2) is 5.82 Å². The van der Waals surface area contributed by atoms with Gasteiger partial charge < -0.3 is 14.2 Å². The first-order chi connectivity index (χ1) is 12.2. The van der Waals surface area contributed by atoms with Gasteiger partial charge >= 0.3 is 0 Å². The monoisotopic (exact) mass is 341 g/mol. The van der Waals surface area contributed by atoms with E-state index in [0.717, 1.165) is 42.9 Å². The molecule has 1 amide bonds. The predicted octanol–water partition coefficient (Wildman–Crippen LogP) is 2.90. The number of hydrogen-bond acceptors (Lipinski definition) is 5. The molecule has 2 aliphatic rings. The van der Waals surface area contributed by atoms with Gasteiger partial charge in [-0.25, -0.2) is 0 Å². The largest absolute Gasteiger partial charge is 0.496 e. The normalized spacial score (nSPS) is 25.7. The van der Waals surface area contributed by atoms with Gasteiger partial charge in [-0.2, -0.15) is 4.98 Å². The van der Waals surface area contributed by atoms with Crippen LogP contribution < -0.4 is 4.74 Å². The van der Waals surface area contributed by atoms with Crippen molar-refractivity contribution in [3.8, 4) is 5.75 Å². The SMILES string of the molecule is COc1ccccc1[C@@H]1C[C@@H]1C(=O)N1CCC[C@@H](c2noc(C)n2)C1. The number of aromatic nitrogens is 2. The van der Waals surface area contributed by atoms with Crippen LogP contribution in [0.5, 0.6) is 5.75 Å². The lowest BCUT2D eigenvalue weighted by atomic mass is 9.96. The fourth-order valence-electron chi connectivity index (χ4n) is 3.89. The molecule has 1 aliphatic carbocycles. The summed E-state index contributed by atoms with van der Waals surface area (Å²) in [5.41, 5.74) is 1.14. The highest BCUT2D eigenvalue weighted by atomic mass is 16.5. The van der Waals surface area contributed by atoms with Crippen molar-refractivity contribution >= 4 is 5.91 Å². The summed E-state index contributed by atoms with van der Waals surface area (Å²) in [6.07, 6.45) is 2.89. The Balaban J connectivity index is 1.43. The molecule has 1 aromatic carbocycles. The lowest BCUT2D eigenvalue weighted by molar-refractivity contribution is -0.133. The smallest absolute Gasteiger partial charge is 0.226 e. The molecule has 2 heterocycles. The number of piperidine rings is 1. The van der Waals surface area contributed by atoms with Gasteiger partial charge in [0.2, 0.25) is 11.8 Å². The number of hydrogen-bond donors (Lipinski definition) is 0. The van der Waals surface area contributed by atoms with E-state index in [1.807, 2.05) is 23.1 Å². The second kappa shape index (κ2) is 6.50. The van der Waals surface area contributed by atoms with Crippen LogP contribution in [0.2, 0.25) is 0 Å². The van der Waals surface area contributed by atoms with Gasteiger partial charge in [-0.15, -0.1) is 0 Å². The van der Waals surface area contributed by atoms with Crippen LogP contribution in [0.15, 0.2) is 28.8 Å².